The summed E-state index contributed by atoms with van der Waals surface area (Å²) in [6, 6.07) is 5.72. The predicted molar refractivity (Wildman–Crippen MR) is 86.7 cm³/mol. The number of nitrogens with zero attached hydrogens (tertiary/aromatic N) is 1. The van der Waals surface area contributed by atoms with E-state index in [1.165, 1.54) is 5.56 Å². The normalized spacial score (nSPS) is 22.7. The number of H-pyrrole nitrogens is 1. The monoisotopic (exact) mass is 331 g/mol. The van der Waals surface area contributed by atoms with E-state index < -0.39 is 0 Å². The number of halogens is 1. The number of hydrogen-bond acceptors (Lipinski definition) is 3. The number of ether oxygens (including phenoxy) is 1. The third-order valence-corrected chi connectivity index (χ3v) is 4.90. The molecule has 5 nitrogen and oxygen atoms in total. The summed E-state index contributed by atoms with van der Waals surface area (Å²) in [4.78, 5) is 12.6. The van der Waals surface area contributed by atoms with Crippen molar-refractivity contribution in [3.05, 3.63) is 46.2 Å². The van der Waals surface area contributed by atoms with E-state index in [2.05, 4.69) is 15.5 Å². The third-order valence-electron chi connectivity index (χ3n) is 4.67. The largest absolute Gasteiger partial charge is 0.492 e. The molecule has 4 rings (SSSR count). The van der Waals surface area contributed by atoms with Crippen molar-refractivity contribution < 1.29 is 9.53 Å². The standard InChI is InChI=1S/C17H18ClN3O2/c18-13-2-4-16-11(6-13)5-12(9-23-16)17(22)20-14-3-1-10-8-19-21-15(10)7-14/h2,4,6,8,12,14H,1,3,5,7,9H2,(H,19,21)(H,20,22). The van der Waals surface area contributed by atoms with E-state index in [0.29, 0.717) is 18.1 Å². The van der Waals surface area contributed by atoms with Gasteiger partial charge in [-0.05, 0) is 48.6 Å². The van der Waals surface area contributed by atoms with Crippen molar-refractivity contribution in [2.75, 3.05) is 6.61 Å². The number of hydrogen-bond donors (Lipinski definition) is 2. The zero-order valence-corrected chi connectivity index (χ0v) is 13.4. The minimum Gasteiger partial charge on any atom is -0.492 e. The maximum atomic E-state index is 12.6. The van der Waals surface area contributed by atoms with Crippen LogP contribution in [0.2, 0.25) is 5.02 Å². The summed E-state index contributed by atoms with van der Waals surface area (Å²) in [6.45, 7) is 0.419. The van der Waals surface area contributed by atoms with Crippen LogP contribution in [0, 0.1) is 5.92 Å². The molecule has 2 unspecified atom stereocenters. The number of carbonyl (C=O) groups excluding carboxylic acids is 1. The Morgan fingerprint density at radius 1 is 1.35 bits per heavy atom. The van der Waals surface area contributed by atoms with Crippen LogP contribution in [0.25, 0.3) is 0 Å². The molecule has 0 radical (unpaired) electrons. The van der Waals surface area contributed by atoms with Crippen molar-refractivity contribution in [1.82, 2.24) is 15.5 Å². The van der Waals surface area contributed by atoms with Gasteiger partial charge in [-0.2, -0.15) is 5.10 Å². The van der Waals surface area contributed by atoms with Crippen molar-refractivity contribution in [1.29, 1.82) is 0 Å². The molecule has 0 spiro atoms. The second-order valence-corrected chi connectivity index (χ2v) is 6.72. The first kappa shape index (κ1) is 14.6. The van der Waals surface area contributed by atoms with Crippen LogP contribution in [-0.4, -0.2) is 28.8 Å². The quantitative estimate of drug-likeness (QED) is 0.887. The van der Waals surface area contributed by atoms with Crippen LogP contribution in [0.4, 0.5) is 0 Å². The molecule has 2 heterocycles. The lowest BCUT2D eigenvalue weighted by atomic mass is 9.92. The Labute approximate surface area is 139 Å². The Morgan fingerprint density at radius 2 is 2.26 bits per heavy atom. The molecule has 2 aromatic rings. The van der Waals surface area contributed by atoms with Gasteiger partial charge < -0.3 is 10.1 Å². The van der Waals surface area contributed by atoms with Crippen molar-refractivity contribution in [2.45, 2.75) is 31.7 Å². The summed E-state index contributed by atoms with van der Waals surface area (Å²) >= 11 is 6.03. The Bertz CT molecular complexity index is 743. The van der Waals surface area contributed by atoms with Crippen LogP contribution in [0.1, 0.15) is 23.2 Å². The van der Waals surface area contributed by atoms with Crippen LogP contribution < -0.4 is 10.1 Å². The van der Waals surface area contributed by atoms with Crippen LogP contribution in [0.15, 0.2) is 24.4 Å². The molecule has 0 bridgehead atoms. The number of aromatic amines is 1. The van der Waals surface area contributed by atoms with Gasteiger partial charge in [0.1, 0.15) is 12.4 Å². The molecule has 1 amide bonds. The Balaban J connectivity index is 1.41. The highest BCUT2D eigenvalue weighted by molar-refractivity contribution is 6.30. The number of fused-ring (bicyclic) bond motifs is 2. The maximum absolute atomic E-state index is 12.6. The number of amides is 1. The lowest BCUT2D eigenvalue weighted by Crippen LogP contribution is -2.44. The van der Waals surface area contributed by atoms with E-state index in [0.717, 1.165) is 36.3 Å². The zero-order chi connectivity index (χ0) is 15.8. The molecule has 1 aliphatic heterocycles. The fourth-order valence-electron chi connectivity index (χ4n) is 3.38. The molecule has 1 aromatic carbocycles. The lowest BCUT2D eigenvalue weighted by molar-refractivity contribution is -0.127. The van der Waals surface area contributed by atoms with Crippen LogP contribution in [0.3, 0.4) is 0 Å². The van der Waals surface area contributed by atoms with Gasteiger partial charge in [-0.25, -0.2) is 0 Å². The Kier molecular flexibility index (Phi) is 3.73. The second kappa shape index (κ2) is 5.89. The smallest absolute Gasteiger partial charge is 0.227 e. The fraction of sp³-hybridized carbons (Fsp3) is 0.412. The molecule has 120 valence electrons. The molecular weight excluding hydrogens is 314 g/mol. The van der Waals surface area contributed by atoms with Gasteiger partial charge >= 0.3 is 0 Å². The minimum atomic E-state index is -0.163. The highest BCUT2D eigenvalue weighted by Crippen LogP contribution is 2.30. The second-order valence-electron chi connectivity index (χ2n) is 6.29. The Hall–Kier alpha value is -2.01. The van der Waals surface area contributed by atoms with Crippen molar-refractivity contribution in [2.24, 2.45) is 5.92 Å². The first-order valence-electron chi connectivity index (χ1n) is 7.92. The minimum absolute atomic E-state index is 0.0589. The summed E-state index contributed by atoms with van der Waals surface area (Å²) in [6.07, 6.45) is 5.27. The van der Waals surface area contributed by atoms with E-state index in [-0.39, 0.29) is 17.9 Å². The van der Waals surface area contributed by atoms with Crippen molar-refractivity contribution in [3.8, 4) is 5.75 Å². The van der Waals surface area contributed by atoms with Gasteiger partial charge in [-0.15, -0.1) is 0 Å². The van der Waals surface area contributed by atoms with Gasteiger partial charge in [0.25, 0.3) is 0 Å². The van der Waals surface area contributed by atoms with E-state index in [9.17, 15) is 4.79 Å². The topological polar surface area (TPSA) is 67.0 Å². The summed E-state index contributed by atoms with van der Waals surface area (Å²) in [5, 5.41) is 10.9. The summed E-state index contributed by atoms with van der Waals surface area (Å²) in [5.74, 6) is 0.728. The van der Waals surface area contributed by atoms with E-state index in [1.807, 2.05) is 24.4 Å². The fourth-order valence-corrected chi connectivity index (χ4v) is 3.58. The number of benzene rings is 1. The van der Waals surface area contributed by atoms with Crippen LogP contribution in [-0.2, 0) is 24.1 Å². The van der Waals surface area contributed by atoms with Gasteiger partial charge in [-0.1, -0.05) is 11.6 Å². The highest BCUT2D eigenvalue weighted by Gasteiger charge is 2.29. The number of carbonyl (C=O) groups is 1. The molecule has 1 aromatic heterocycles. The van der Waals surface area contributed by atoms with E-state index in [4.69, 9.17) is 16.3 Å². The van der Waals surface area contributed by atoms with Gasteiger partial charge in [0, 0.05) is 23.2 Å². The first-order valence-corrected chi connectivity index (χ1v) is 8.29. The van der Waals surface area contributed by atoms with Crippen LogP contribution in [0.5, 0.6) is 5.75 Å². The summed E-state index contributed by atoms with van der Waals surface area (Å²) in [7, 11) is 0. The average Bonchev–Trinajstić information content (AvgIpc) is 3.01. The van der Waals surface area contributed by atoms with Gasteiger partial charge in [0.2, 0.25) is 5.91 Å². The number of nitrogens with one attached hydrogen (secondary N) is 2. The summed E-state index contributed by atoms with van der Waals surface area (Å²) in [5.41, 5.74) is 3.40. The summed E-state index contributed by atoms with van der Waals surface area (Å²) < 4.78 is 5.71. The molecule has 0 fully saturated rings. The lowest BCUT2D eigenvalue weighted by Gasteiger charge is -2.28. The average molecular weight is 332 g/mol. The molecule has 1 aliphatic carbocycles. The van der Waals surface area contributed by atoms with Crippen LogP contribution >= 0.6 is 11.6 Å². The zero-order valence-electron chi connectivity index (χ0n) is 12.6. The molecule has 0 saturated carbocycles. The van der Waals surface area contributed by atoms with E-state index in [1.54, 1.807) is 0 Å². The molecular formula is C17H18ClN3O2. The molecule has 2 aliphatic rings. The van der Waals surface area contributed by atoms with Gasteiger partial charge in [0.15, 0.2) is 0 Å². The SMILES string of the molecule is O=C(NC1CCc2cn[nH]c2C1)C1COc2ccc(Cl)cc2C1. The first-order chi connectivity index (χ1) is 11.2. The maximum Gasteiger partial charge on any atom is 0.227 e. The van der Waals surface area contributed by atoms with E-state index >= 15 is 0 Å². The highest BCUT2D eigenvalue weighted by atomic mass is 35.5. The molecule has 0 saturated heterocycles. The Morgan fingerprint density at radius 3 is 3.17 bits per heavy atom. The molecule has 6 heteroatoms. The molecule has 2 atom stereocenters. The number of rotatable bonds is 2. The van der Waals surface area contributed by atoms with Crippen molar-refractivity contribution >= 4 is 17.5 Å². The number of aromatic nitrogens is 2. The molecule has 23 heavy (non-hydrogen) atoms. The molecule has 2 N–H and O–H groups in total. The predicted octanol–water partition coefficient (Wildman–Crippen LogP) is 2.29. The van der Waals surface area contributed by atoms with Gasteiger partial charge in [0.05, 0.1) is 12.1 Å². The van der Waals surface area contributed by atoms with Gasteiger partial charge in [-0.3, -0.25) is 9.89 Å². The number of aryl methyl sites for hydroxylation is 1. The van der Waals surface area contributed by atoms with Crippen molar-refractivity contribution in [3.63, 3.8) is 0 Å². The third kappa shape index (κ3) is 2.93.